The van der Waals surface area contributed by atoms with E-state index in [4.69, 9.17) is 9.47 Å². The highest BCUT2D eigenvalue weighted by Gasteiger charge is 2.35. The van der Waals surface area contributed by atoms with Crippen molar-refractivity contribution in [3.8, 4) is 0 Å². The second-order valence-corrected chi connectivity index (χ2v) is 13.3. The molecule has 0 aromatic heterocycles. The first-order chi connectivity index (χ1) is 20.0. The minimum absolute atomic E-state index is 0.00816. The van der Waals surface area contributed by atoms with Crippen LogP contribution in [0.25, 0.3) is 0 Å². The Balaban J connectivity index is 2.04. The number of methoxy groups -OCH3 is 1. The first kappa shape index (κ1) is 37.9. The number of unbranched alkanes of at least 4 members (excludes halogenated alkanes) is 15. The maximum atomic E-state index is 12.4. The van der Waals surface area contributed by atoms with E-state index < -0.39 is 0 Å². The molecule has 3 unspecified atom stereocenters. The predicted octanol–water partition coefficient (Wildman–Crippen LogP) is 10.0. The van der Waals surface area contributed by atoms with Gasteiger partial charge in [-0.2, -0.15) is 0 Å². The van der Waals surface area contributed by atoms with E-state index in [1.165, 1.54) is 129 Å². The molecule has 3 atom stereocenters. The molecule has 0 aliphatic heterocycles. The molecule has 1 aliphatic carbocycles. The number of carbonyl (C=O) groups excluding carboxylic acids is 2. The molecular formula is C36H69NO4. The fourth-order valence-electron chi connectivity index (χ4n) is 6.19. The van der Waals surface area contributed by atoms with E-state index in [1.807, 2.05) is 0 Å². The Morgan fingerprint density at radius 3 is 1.61 bits per heavy atom. The molecule has 0 N–H and O–H groups in total. The smallest absolute Gasteiger partial charge is 0.306 e. The third-order valence-corrected chi connectivity index (χ3v) is 9.02. The molecule has 41 heavy (non-hydrogen) atoms. The Kier molecular flexibility index (Phi) is 24.5. The average Bonchev–Trinajstić information content (AvgIpc) is 3.70. The number of hydrogen-bond acceptors (Lipinski definition) is 5. The van der Waals surface area contributed by atoms with Crippen LogP contribution in [0.4, 0.5) is 0 Å². The highest BCUT2D eigenvalue weighted by Crippen LogP contribution is 2.45. The van der Waals surface area contributed by atoms with Crippen LogP contribution < -0.4 is 0 Å². The normalized spacial score (nSPS) is 17.1. The van der Waals surface area contributed by atoms with Crippen LogP contribution >= 0.6 is 0 Å². The fourth-order valence-corrected chi connectivity index (χ4v) is 6.19. The Bertz CT molecular complexity index is 623. The van der Waals surface area contributed by atoms with Crippen molar-refractivity contribution < 1.29 is 19.1 Å². The topological polar surface area (TPSA) is 55.8 Å². The van der Waals surface area contributed by atoms with Gasteiger partial charge >= 0.3 is 11.9 Å². The largest absolute Gasteiger partial charge is 0.469 e. The quantitative estimate of drug-likeness (QED) is 0.0626. The van der Waals surface area contributed by atoms with Crippen molar-refractivity contribution in [1.29, 1.82) is 0 Å². The number of ether oxygens (including phenoxy) is 2. The van der Waals surface area contributed by atoms with Crippen LogP contribution in [0.3, 0.4) is 0 Å². The third-order valence-electron chi connectivity index (χ3n) is 9.02. The van der Waals surface area contributed by atoms with Crippen molar-refractivity contribution >= 4 is 11.9 Å². The van der Waals surface area contributed by atoms with Gasteiger partial charge in [0.05, 0.1) is 7.11 Å². The second-order valence-electron chi connectivity index (χ2n) is 13.3. The Morgan fingerprint density at radius 2 is 1.10 bits per heavy atom. The van der Waals surface area contributed by atoms with E-state index in [9.17, 15) is 9.59 Å². The number of rotatable bonds is 30. The lowest BCUT2D eigenvalue weighted by Crippen LogP contribution is -2.20. The SMILES string of the molecule is CCCCCCCCCC(CCCCCCCCC1CC1CCCCCCCC(=O)OC)OC(=O)CCCN(C)C. The van der Waals surface area contributed by atoms with E-state index in [2.05, 4.69) is 25.9 Å². The zero-order valence-electron chi connectivity index (χ0n) is 27.9. The summed E-state index contributed by atoms with van der Waals surface area (Å²) in [6, 6.07) is 0. The summed E-state index contributed by atoms with van der Waals surface area (Å²) in [4.78, 5) is 25.7. The molecule has 0 bridgehead atoms. The molecule has 0 aromatic carbocycles. The summed E-state index contributed by atoms with van der Waals surface area (Å²) >= 11 is 0. The van der Waals surface area contributed by atoms with Gasteiger partial charge < -0.3 is 14.4 Å². The van der Waals surface area contributed by atoms with E-state index in [-0.39, 0.29) is 18.0 Å². The number of carbonyl (C=O) groups is 2. The van der Waals surface area contributed by atoms with Crippen LogP contribution in [0.5, 0.6) is 0 Å². The molecule has 0 heterocycles. The van der Waals surface area contributed by atoms with Gasteiger partial charge in [-0.25, -0.2) is 0 Å². The van der Waals surface area contributed by atoms with Gasteiger partial charge in [0, 0.05) is 12.8 Å². The second kappa shape index (κ2) is 26.5. The van der Waals surface area contributed by atoms with Crippen molar-refractivity contribution in [2.45, 2.75) is 180 Å². The lowest BCUT2D eigenvalue weighted by molar-refractivity contribution is -0.150. The molecule has 0 aromatic rings. The van der Waals surface area contributed by atoms with E-state index in [0.717, 1.165) is 50.5 Å². The zero-order chi connectivity index (χ0) is 30.0. The predicted molar refractivity (Wildman–Crippen MR) is 173 cm³/mol. The molecule has 0 spiro atoms. The molecule has 0 saturated heterocycles. The first-order valence-electron chi connectivity index (χ1n) is 17.9. The lowest BCUT2D eigenvalue weighted by Gasteiger charge is -2.18. The molecule has 1 saturated carbocycles. The van der Waals surface area contributed by atoms with Crippen molar-refractivity contribution in [2.24, 2.45) is 11.8 Å². The van der Waals surface area contributed by atoms with Gasteiger partial charge in [-0.3, -0.25) is 9.59 Å². The number of esters is 2. The summed E-state index contributed by atoms with van der Waals surface area (Å²) in [5, 5.41) is 0. The maximum absolute atomic E-state index is 12.4. The van der Waals surface area contributed by atoms with E-state index >= 15 is 0 Å². The third kappa shape index (κ3) is 24.1. The number of nitrogens with zero attached hydrogens (tertiary/aromatic N) is 1. The highest BCUT2D eigenvalue weighted by atomic mass is 16.5. The van der Waals surface area contributed by atoms with Crippen LogP contribution in [0.2, 0.25) is 0 Å². The summed E-state index contributed by atoms with van der Waals surface area (Å²) in [5.74, 6) is 1.95. The van der Waals surface area contributed by atoms with Crippen molar-refractivity contribution in [2.75, 3.05) is 27.7 Å². The highest BCUT2D eigenvalue weighted by molar-refractivity contribution is 5.69. The summed E-state index contributed by atoms with van der Waals surface area (Å²) in [7, 11) is 5.58. The summed E-state index contributed by atoms with van der Waals surface area (Å²) < 4.78 is 10.7. The molecule has 5 nitrogen and oxygen atoms in total. The van der Waals surface area contributed by atoms with Crippen LogP contribution in [-0.4, -0.2) is 50.7 Å². The van der Waals surface area contributed by atoms with Crippen LogP contribution in [0.1, 0.15) is 174 Å². The standard InChI is InChI=1S/C36H69NO4/c1-5-6-7-8-9-15-20-26-34(41-36(39)29-23-30-37(2)3)27-21-16-11-10-13-18-24-32-31-33(32)25-19-14-12-17-22-28-35(38)40-4/h32-34H,5-31H2,1-4H3. The zero-order valence-corrected chi connectivity index (χ0v) is 27.9. The molecule has 5 heteroatoms. The van der Waals surface area contributed by atoms with Gasteiger partial charge in [0.2, 0.25) is 0 Å². The van der Waals surface area contributed by atoms with Gasteiger partial charge in [-0.05, 0) is 77.4 Å². The van der Waals surface area contributed by atoms with Gasteiger partial charge in [0.15, 0.2) is 0 Å². The molecule has 242 valence electrons. The van der Waals surface area contributed by atoms with Gasteiger partial charge in [0.25, 0.3) is 0 Å². The van der Waals surface area contributed by atoms with Crippen molar-refractivity contribution in [3.63, 3.8) is 0 Å². The first-order valence-corrected chi connectivity index (χ1v) is 17.9. The summed E-state index contributed by atoms with van der Waals surface area (Å²) in [6.07, 6.45) is 31.7. The summed E-state index contributed by atoms with van der Waals surface area (Å²) in [5.41, 5.74) is 0. The van der Waals surface area contributed by atoms with Gasteiger partial charge in [0.1, 0.15) is 6.10 Å². The summed E-state index contributed by atoms with van der Waals surface area (Å²) in [6.45, 7) is 3.21. The molecule has 1 rings (SSSR count). The van der Waals surface area contributed by atoms with Crippen molar-refractivity contribution in [1.82, 2.24) is 4.90 Å². The monoisotopic (exact) mass is 580 g/mol. The fraction of sp³-hybridized carbons (Fsp3) is 0.944. The molecule has 0 amide bonds. The average molecular weight is 580 g/mol. The number of hydrogen-bond donors (Lipinski definition) is 0. The van der Waals surface area contributed by atoms with Crippen LogP contribution in [0.15, 0.2) is 0 Å². The molecule has 1 fully saturated rings. The van der Waals surface area contributed by atoms with Crippen LogP contribution in [-0.2, 0) is 19.1 Å². The molecular weight excluding hydrogens is 510 g/mol. The Labute approximate surface area is 255 Å². The molecule has 1 aliphatic rings. The Morgan fingerprint density at radius 1 is 0.634 bits per heavy atom. The minimum atomic E-state index is -0.0714. The van der Waals surface area contributed by atoms with Crippen LogP contribution in [0, 0.1) is 11.8 Å². The van der Waals surface area contributed by atoms with E-state index in [0.29, 0.717) is 12.8 Å². The van der Waals surface area contributed by atoms with Crippen molar-refractivity contribution in [3.05, 3.63) is 0 Å². The maximum Gasteiger partial charge on any atom is 0.306 e. The molecule has 0 radical (unpaired) electrons. The Hall–Kier alpha value is -1.10. The lowest BCUT2D eigenvalue weighted by atomic mass is 10.0. The minimum Gasteiger partial charge on any atom is -0.469 e. The van der Waals surface area contributed by atoms with E-state index in [1.54, 1.807) is 0 Å². The van der Waals surface area contributed by atoms with Gasteiger partial charge in [-0.15, -0.1) is 0 Å². The van der Waals surface area contributed by atoms with Gasteiger partial charge in [-0.1, -0.05) is 116 Å².